The first kappa shape index (κ1) is 17.5. The first-order valence-electron chi connectivity index (χ1n) is 7.69. The number of ether oxygens (including phenoxy) is 1. The number of hydrogen-bond acceptors (Lipinski definition) is 2. The van der Waals surface area contributed by atoms with E-state index in [2.05, 4.69) is 60.7 Å². The molecule has 21 heavy (non-hydrogen) atoms. The standard InChI is InChI=1S/C17H29N3O/c1-14(2)9-11-21-12-10-19-17(18-4)20-13-16-7-5-15(3)6-8-16/h5-8,14H,9-13H2,1-4H3,(H2,18,19,20). The van der Waals surface area contributed by atoms with Crippen LogP contribution in [0.5, 0.6) is 0 Å². The highest BCUT2D eigenvalue weighted by Gasteiger charge is 1.98. The fourth-order valence-corrected chi connectivity index (χ4v) is 1.78. The third-order valence-electron chi connectivity index (χ3n) is 3.18. The summed E-state index contributed by atoms with van der Waals surface area (Å²) in [6.07, 6.45) is 1.11. The number of nitrogens with one attached hydrogen (secondary N) is 2. The summed E-state index contributed by atoms with van der Waals surface area (Å²) in [7, 11) is 1.78. The average molecular weight is 291 g/mol. The quantitative estimate of drug-likeness (QED) is 0.440. The van der Waals surface area contributed by atoms with E-state index in [-0.39, 0.29) is 0 Å². The van der Waals surface area contributed by atoms with Gasteiger partial charge in [-0.05, 0) is 24.8 Å². The fourth-order valence-electron chi connectivity index (χ4n) is 1.78. The molecule has 0 aliphatic carbocycles. The highest BCUT2D eigenvalue weighted by atomic mass is 16.5. The number of nitrogens with zero attached hydrogens (tertiary/aromatic N) is 1. The van der Waals surface area contributed by atoms with Gasteiger partial charge in [-0.3, -0.25) is 4.99 Å². The SMILES string of the molecule is CN=C(NCCOCCC(C)C)NCc1ccc(C)cc1. The Hall–Kier alpha value is -1.55. The van der Waals surface area contributed by atoms with Gasteiger partial charge in [-0.15, -0.1) is 0 Å². The monoisotopic (exact) mass is 291 g/mol. The molecule has 0 radical (unpaired) electrons. The van der Waals surface area contributed by atoms with Crippen molar-refractivity contribution in [2.45, 2.75) is 33.7 Å². The van der Waals surface area contributed by atoms with Crippen molar-refractivity contribution in [1.29, 1.82) is 0 Å². The van der Waals surface area contributed by atoms with Crippen molar-refractivity contribution >= 4 is 5.96 Å². The van der Waals surface area contributed by atoms with Crippen LogP contribution in [0.3, 0.4) is 0 Å². The van der Waals surface area contributed by atoms with Crippen LogP contribution in [0.15, 0.2) is 29.3 Å². The van der Waals surface area contributed by atoms with Gasteiger partial charge in [0.15, 0.2) is 5.96 Å². The van der Waals surface area contributed by atoms with Crippen LogP contribution in [0.2, 0.25) is 0 Å². The molecule has 2 N–H and O–H groups in total. The zero-order chi connectivity index (χ0) is 15.5. The summed E-state index contributed by atoms with van der Waals surface area (Å²) in [5.74, 6) is 1.50. The van der Waals surface area contributed by atoms with Crippen LogP contribution in [0, 0.1) is 12.8 Å². The predicted octanol–water partition coefficient (Wildman–Crippen LogP) is 2.72. The molecule has 0 unspecified atom stereocenters. The van der Waals surface area contributed by atoms with Crippen molar-refractivity contribution in [3.63, 3.8) is 0 Å². The molecule has 0 aliphatic heterocycles. The maximum absolute atomic E-state index is 5.57. The van der Waals surface area contributed by atoms with Crippen molar-refractivity contribution in [3.8, 4) is 0 Å². The third kappa shape index (κ3) is 8.35. The molecule has 0 fully saturated rings. The summed E-state index contributed by atoms with van der Waals surface area (Å²) in [6, 6.07) is 8.50. The molecule has 1 rings (SSSR count). The molecule has 0 atom stereocenters. The summed E-state index contributed by atoms with van der Waals surface area (Å²) >= 11 is 0. The Labute approximate surface area is 129 Å². The number of aryl methyl sites for hydroxylation is 1. The van der Waals surface area contributed by atoms with Crippen LogP contribution in [0.25, 0.3) is 0 Å². The molecule has 4 nitrogen and oxygen atoms in total. The Morgan fingerprint density at radius 3 is 2.48 bits per heavy atom. The van der Waals surface area contributed by atoms with Crippen molar-refractivity contribution < 1.29 is 4.74 Å². The predicted molar refractivity (Wildman–Crippen MR) is 89.7 cm³/mol. The summed E-state index contributed by atoms with van der Waals surface area (Å²) in [4.78, 5) is 4.21. The number of aliphatic imine (C=N–C) groups is 1. The normalized spacial score (nSPS) is 11.8. The number of guanidine groups is 1. The van der Waals surface area contributed by atoms with Gasteiger partial charge in [0.25, 0.3) is 0 Å². The van der Waals surface area contributed by atoms with E-state index in [0.717, 1.165) is 32.1 Å². The van der Waals surface area contributed by atoms with Crippen LogP contribution >= 0.6 is 0 Å². The minimum absolute atomic E-state index is 0.696. The molecule has 1 aromatic carbocycles. The lowest BCUT2D eigenvalue weighted by atomic mass is 10.1. The molecule has 118 valence electrons. The second-order valence-corrected chi connectivity index (χ2v) is 5.63. The van der Waals surface area contributed by atoms with E-state index in [1.165, 1.54) is 11.1 Å². The van der Waals surface area contributed by atoms with Gasteiger partial charge in [0.05, 0.1) is 6.61 Å². The zero-order valence-electron chi connectivity index (χ0n) is 13.8. The molecule has 0 amide bonds. The average Bonchev–Trinajstić information content (AvgIpc) is 2.47. The van der Waals surface area contributed by atoms with E-state index in [4.69, 9.17) is 4.74 Å². The first-order valence-corrected chi connectivity index (χ1v) is 7.69. The smallest absolute Gasteiger partial charge is 0.191 e. The molecule has 4 heteroatoms. The summed E-state index contributed by atoms with van der Waals surface area (Å²) in [5, 5.41) is 6.55. The maximum Gasteiger partial charge on any atom is 0.191 e. The van der Waals surface area contributed by atoms with Gasteiger partial charge in [0.1, 0.15) is 0 Å². The molecule has 0 saturated carbocycles. The lowest BCUT2D eigenvalue weighted by Crippen LogP contribution is -2.38. The van der Waals surface area contributed by atoms with Crippen LogP contribution < -0.4 is 10.6 Å². The lowest BCUT2D eigenvalue weighted by molar-refractivity contribution is 0.128. The van der Waals surface area contributed by atoms with Crippen molar-refractivity contribution in [2.75, 3.05) is 26.8 Å². The third-order valence-corrected chi connectivity index (χ3v) is 3.18. The van der Waals surface area contributed by atoms with Gasteiger partial charge >= 0.3 is 0 Å². The Kier molecular flexibility index (Phi) is 8.51. The van der Waals surface area contributed by atoms with Crippen molar-refractivity contribution in [1.82, 2.24) is 10.6 Å². The molecule has 0 heterocycles. The van der Waals surface area contributed by atoms with Crippen LogP contribution in [-0.2, 0) is 11.3 Å². The molecular formula is C17H29N3O. The van der Waals surface area contributed by atoms with E-state index >= 15 is 0 Å². The van der Waals surface area contributed by atoms with E-state index in [1.807, 2.05) is 0 Å². The highest BCUT2D eigenvalue weighted by Crippen LogP contribution is 2.02. The topological polar surface area (TPSA) is 45.7 Å². The molecule has 0 saturated heterocycles. The van der Waals surface area contributed by atoms with E-state index in [1.54, 1.807) is 7.05 Å². The first-order chi connectivity index (χ1) is 10.1. The molecular weight excluding hydrogens is 262 g/mol. The maximum atomic E-state index is 5.57. The van der Waals surface area contributed by atoms with Gasteiger partial charge in [-0.1, -0.05) is 43.7 Å². The van der Waals surface area contributed by atoms with Crippen molar-refractivity contribution in [3.05, 3.63) is 35.4 Å². The Bertz CT molecular complexity index is 413. The van der Waals surface area contributed by atoms with Gasteiger partial charge in [0.2, 0.25) is 0 Å². The highest BCUT2D eigenvalue weighted by molar-refractivity contribution is 5.79. The van der Waals surface area contributed by atoms with Gasteiger partial charge in [-0.2, -0.15) is 0 Å². The van der Waals surface area contributed by atoms with Crippen LogP contribution in [0.4, 0.5) is 0 Å². The summed E-state index contributed by atoms with van der Waals surface area (Å²) in [6.45, 7) is 9.58. The van der Waals surface area contributed by atoms with Gasteiger partial charge in [-0.25, -0.2) is 0 Å². The van der Waals surface area contributed by atoms with E-state index in [0.29, 0.717) is 12.5 Å². The second-order valence-electron chi connectivity index (χ2n) is 5.63. The molecule has 0 aliphatic rings. The Balaban J connectivity index is 2.16. The molecule has 0 bridgehead atoms. The van der Waals surface area contributed by atoms with Gasteiger partial charge < -0.3 is 15.4 Å². The largest absolute Gasteiger partial charge is 0.380 e. The second kappa shape index (κ2) is 10.2. The number of benzene rings is 1. The minimum atomic E-state index is 0.696. The fraction of sp³-hybridized carbons (Fsp3) is 0.588. The van der Waals surface area contributed by atoms with Gasteiger partial charge in [0, 0.05) is 26.7 Å². The number of hydrogen-bond donors (Lipinski definition) is 2. The van der Waals surface area contributed by atoms with Crippen LogP contribution in [-0.4, -0.2) is 32.8 Å². The summed E-state index contributed by atoms with van der Waals surface area (Å²) in [5.41, 5.74) is 2.52. The van der Waals surface area contributed by atoms with E-state index < -0.39 is 0 Å². The zero-order valence-corrected chi connectivity index (χ0v) is 13.8. The minimum Gasteiger partial charge on any atom is -0.380 e. The van der Waals surface area contributed by atoms with Crippen LogP contribution in [0.1, 0.15) is 31.4 Å². The van der Waals surface area contributed by atoms with Crippen molar-refractivity contribution in [2.24, 2.45) is 10.9 Å². The number of rotatable bonds is 8. The Morgan fingerprint density at radius 1 is 1.14 bits per heavy atom. The lowest BCUT2D eigenvalue weighted by Gasteiger charge is -2.12. The summed E-state index contributed by atoms with van der Waals surface area (Å²) < 4.78 is 5.57. The molecule has 0 aromatic heterocycles. The molecule has 0 spiro atoms. The Morgan fingerprint density at radius 2 is 1.86 bits per heavy atom. The van der Waals surface area contributed by atoms with E-state index in [9.17, 15) is 0 Å². The molecule has 1 aromatic rings.